The van der Waals surface area contributed by atoms with E-state index in [1.54, 1.807) is 0 Å². The van der Waals surface area contributed by atoms with Crippen LogP contribution in [-0.4, -0.2) is 18.0 Å². The van der Waals surface area contributed by atoms with E-state index in [1.807, 2.05) is 24.3 Å². The van der Waals surface area contributed by atoms with E-state index in [0.717, 1.165) is 37.1 Å². The summed E-state index contributed by atoms with van der Waals surface area (Å²) in [6.07, 6.45) is 1.99. The maximum atomic E-state index is 11.7. The molecular formula is C24H22N2O2. The first kappa shape index (κ1) is 17.0. The molecule has 0 N–H and O–H groups in total. The van der Waals surface area contributed by atoms with Crippen molar-refractivity contribution in [1.82, 2.24) is 0 Å². The number of nitro benzene ring substituents is 1. The normalized spacial score (nSPS) is 20.5. The standard InChI is InChI=1S/C24H22N2O2/c27-26(28)19-15-22-20(17-7-3-1-4-8-17)11-13-25-14-12-21(23(16-19)24(22)25)18-9-5-2-6-10-18/h1-10,15-16,20-21H,11-14H2/t20-,21+. The fourth-order valence-electron chi connectivity index (χ4n) is 4.94. The topological polar surface area (TPSA) is 46.4 Å². The van der Waals surface area contributed by atoms with E-state index >= 15 is 0 Å². The molecular weight excluding hydrogens is 348 g/mol. The summed E-state index contributed by atoms with van der Waals surface area (Å²) in [6.45, 7) is 2.00. The van der Waals surface area contributed by atoms with Crippen molar-refractivity contribution < 1.29 is 4.92 Å². The predicted molar refractivity (Wildman–Crippen MR) is 111 cm³/mol. The van der Waals surface area contributed by atoms with Crippen LogP contribution in [0.25, 0.3) is 0 Å². The zero-order valence-corrected chi connectivity index (χ0v) is 15.6. The number of hydrogen-bond donors (Lipinski definition) is 0. The number of non-ortho nitro benzene ring substituents is 1. The van der Waals surface area contributed by atoms with Crippen LogP contribution in [0.4, 0.5) is 11.4 Å². The maximum Gasteiger partial charge on any atom is 0.270 e. The van der Waals surface area contributed by atoms with Gasteiger partial charge >= 0.3 is 0 Å². The Hall–Kier alpha value is -3.14. The van der Waals surface area contributed by atoms with Gasteiger partial charge in [0.1, 0.15) is 0 Å². The van der Waals surface area contributed by atoms with E-state index in [0.29, 0.717) is 0 Å². The Morgan fingerprint density at radius 3 is 1.68 bits per heavy atom. The van der Waals surface area contributed by atoms with Crippen LogP contribution in [0.2, 0.25) is 0 Å². The highest BCUT2D eigenvalue weighted by Gasteiger charge is 2.36. The van der Waals surface area contributed by atoms with Crippen LogP contribution in [-0.2, 0) is 0 Å². The Morgan fingerprint density at radius 2 is 1.25 bits per heavy atom. The number of nitrogens with zero attached hydrogens (tertiary/aromatic N) is 2. The third kappa shape index (κ3) is 2.76. The van der Waals surface area contributed by atoms with E-state index in [2.05, 4.69) is 53.4 Å². The first-order chi connectivity index (χ1) is 13.7. The number of anilines is 1. The van der Waals surface area contributed by atoms with E-state index in [9.17, 15) is 10.1 Å². The summed E-state index contributed by atoms with van der Waals surface area (Å²) in [6, 6.07) is 24.5. The quantitative estimate of drug-likeness (QED) is 0.453. The summed E-state index contributed by atoms with van der Waals surface area (Å²) in [5, 5.41) is 11.7. The summed E-state index contributed by atoms with van der Waals surface area (Å²) in [4.78, 5) is 13.9. The lowest BCUT2D eigenvalue weighted by molar-refractivity contribution is -0.385. The van der Waals surface area contributed by atoms with Gasteiger partial charge in [0.15, 0.2) is 0 Å². The number of nitro groups is 1. The van der Waals surface area contributed by atoms with E-state index in [-0.39, 0.29) is 22.4 Å². The van der Waals surface area contributed by atoms with Crippen molar-refractivity contribution in [3.05, 3.63) is 105 Å². The highest BCUT2D eigenvalue weighted by Crippen LogP contribution is 2.49. The van der Waals surface area contributed by atoms with E-state index in [1.165, 1.54) is 16.8 Å². The van der Waals surface area contributed by atoms with Crippen LogP contribution in [0.5, 0.6) is 0 Å². The van der Waals surface area contributed by atoms with E-state index in [4.69, 9.17) is 0 Å². The maximum absolute atomic E-state index is 11.7. The lowest BCUT2D eigenvalue weighted by Gasteiger charge is -2.42. The van der Waals surface area contributed by atoms with Crippen LogP contribution in [0.15, 0.2) is 72.8 Å². The molecule has 0 aromatic heterocycles. The second-order valence-corrected chi connectivity index (χ2v) is 7.72. The zero-order chi connectivity index (χ0) is 19.1. The molecule has 0 saturated carbocycles. The van der Waals surface area contributed by atoms with Crippen molar-refractivity contribution in [2.24, 2.45) is 0 Å². The van der Waals surface area contributed by atoms with E-state index < -0.39 is 0 Å². The van der Waals surface area contributed by atoms with Crippen molar-refractivity contribution in [3.8, 4) is 0 Å². The molecule has 0 aliphatic carbocycles. The molecule has 0 fully saturated rings. The number of benzene rings is 3. The van der Waals surface area contributed by atoms with Crippen LogP contribution in [0, 0.1) is 10.1 Å². The molecule has 2 aliphatic rings. The fourth-order valence-corrected chi connectivity index (χ4v) is 4.94. The Morgan fingerprint density at radius 1 is 0.786 bits per heavy atom. The number of hydrogen-bond acceptors (Lipinski definition) is 3. The minimum absolute atomic E-state index is 0.208. The van der Waals surface area contributed by atoms with Gasteiger partial charge in [-0.15, -0.1) is 0 Å². The second kappa shape index (κ2) is 6.79. The SMILES string of the molecule is O=[N+]([O-])c1cc2c3c(c1)[C@H](c1ccccc1)CCN3CC[C@@H]2c1ccccc1. The zero-order valence-electron chi connectivity index (χ0n) is 15.6. The summed E-state index contributed by atoms with van der Waals surface area (Å²) in [7, 11) is 0. The molecule has 2 heterocycles. The molecule has 0 unspecified atom stereocenters. The van der Waals surface area contributed by atoms with Crippen LogP contribution in [0.3, 0.4) is 0 Å². The summed E-state index contributed by atoms with van der Waals surface area (Å²) < 4.78 is 0. The van der Waals surface area contributed by atoms with Gasteiger partial charge in [-0.2, -0.15) is 0 Å². The fraction of sp³-hybridized carbons (Fsp3) is 0.250. The van der Waals surface area contributed by atoms with Crippen LogP contribution < -0.4 is 4.90 Å². The molecule has 3 aromatic rings. The molecule has 0 saturated heterocycles. The Labute approximate surface area is 164 Å². The van der Waals surface area contributed by atoms with Crippen molar-refractivity contribution in [3.63, 3.8) is 0 Å². The Balaban J connectivity index is 1.72. The van der Waals surface area contributed by atoms with Gasteiger partial charge in [0.25, 0.3) is 5.69 Å². The molecule has 3 aromatic carbocycles. The largest absolute Gasteiger partial charge is 0.371 e. The molecule has 0 bridgehead atoms. The minimum Gasteiger partial charge on any atom is -0.371 e. The van der Waals surface area contributed by atoms with Crippen LogP contribution in [0.1, 0.15) is 46.9 Å². The molecule has 0 amide bonds. The first-order valence-electron chi connectivity index (χ1n) is 9.89. The van der Waals surface area contributed by atoms with Crippen molar-refractivity contribution in [1.29, 1.82) is 0 Å². The Kier molecular flexibility index (Phi) is 4.12. The molecule has 4 nitrogen and oxygen atoms in total. The van der Waals surface area contributed by atoms with Crippen molar-refractivity contribution in [2.45, 2.75) is 24.7 Å². The first-order valence-corrected chi connectivity index (χ1v) is 9.89. The van der Waals surface area contributed by atoms with Gasteiger partial charge in [-0.1, -0.05) is 60.7 Å². The third-order valence-corrected chi connectivity index (χ3v) is 6.21. The summed E-state index contributed by atoms with van der Waals surface area (Å²) in [5.41, 5.74) is 6.15. The molecule has 0 spiro atoms. The van der Waals surface area contributed by atoms with Gasteiger partial charge in [-0.25, -0.2) is 0 Å². The molecule has 140 valence electrons. The lowest BCUT2D eigenvalue weighted by Crippen LogP contribution is -2.37. The van der Waals surface area contributed by atoms with Gasteiger partial charge in [-0.05, 0) is 35.1 Å². The molecule has 28 heavy (non-hydrogen) atoms. The van der Waals surface area contributed by atoms with Gasteiger partial charge in [0.05, 0.1) is 4.92 Å². The highest BCUT2D eigenvalue weighted by atomic mass is 16.6. The molecule has 0 radical (unpaired) electrons. The molecule has 2 aliphatic heterocycles. The van der Waals surface area contributed by atoms with Crippen LogP contribution >= 0.6 is 0 Å². The van der Waals surface area contributed by atoms with Crippen molar-refractivity contribution >= 4 is 11.4 Å². The third-order valence-electron chi connectivity index (χ3n) is 6.21. The average molecular weight is 370 g/mol. The van der Waals surface area contributed by atoms with Gasteiger partial charge in [0, 0.05) is 42.7 Å². The summed E-state index contributed by atoms with van der Waals surface area (Å²) >= 11 is 0. The average Bonchev–Trinajstić information content (AvgIpc) is 2.75. The molecule has 5 rings (SSSR count). The van der Waals surface area contributed by atoms with Crippen molar-refractivity contribution in [2.75, 3.05) is 18.0 Å². The van der Waals surface area contributed by atoms with Gasteiger partial charge in [-0.3, -0.25) is 10.1 Å². The highest BCUT2D eigenvalue weighted by molar-refractivity contribution is 5.71. The summed E-state index contributed by atoms with van der Waals surface area (Å²) in [5.74, 6) is 0.418. The molecule has 2 atom stereocenters. The second-order valence-electron chi connectivity index (χ2n) is 7.72. The minimum atomic E-state index is -0.242. The lowest BCUT2D eigenvalue weighted by atomic mass is 9.76. The molecule has 4 heteroatoms. The smallest absolute Gasteiger partial charge is 0.270 e. The van der Waals surface area contributed by atoms with Gasteiger partial charge < -0.3 is 4.90 Å². The Bertz CT molecular complexity index is 945. The van der Waals surface area contributed by atoms with Gasteiger partial charge in [0.2, 0.25) is 0 Å². The monoisotopic (exact) mass is 370 g/mol. The number of rotatable bonds is 3. The predicted octanol–water partition coefficient (Wildman–Crippen LogP) is 5.47.